The smallest absolute Gasteiger partial charge is 0.161 e. The number of methoxy groups -OCH3 is 2. The molecule has 0 atom stereocenters. The second-order valence-electron chi connectivity index (χ2n) is 5.98. The number of nitrogens with zero attached hydrogens (tertiary/aromatic N) is 2. The lowest BCUT2D eigenvalue weighted by molar-refractivity contribution is 0.316. The normalized spacial score (nSPS) is 11.0. The van der Waals surface area contributed by atoms with Crippen LogP contribution in [-0.4, -0.2) is 31.2 Å². The molecule has 136 valence electrons. The van der Waals surface area contributed by atoms with Crippen molar-refractivity contribution in [3.05, 3.63) is 64.1 Å². The average Bonchev–Trinajstić information content (AvgIpc) is 3.11. The summed E-state index contributed by atoms with van der Waals surface area (Å²) in [6.07, 6.45) is 0. The predicted octanol–water partition coefficient (Wildman–Crippen LogP) is 5.11. The van der Waals surface area contributed by atoms with Crippen molar-refractivity contribution >= 4 is 22.9 Å². The highest BCUT2D eigenvalue weighted by atomic mass is 35.5. The Kier molecular flexibility index (Phi) is 6.14. The van der Waals surface area contributed by atoms with E-state index in [1.54, 1.807) is 25.6 Å². The van der Waals surface area contributed by atoms with Gasteiger partial charge in [-0.25, -0.2) is 4.98 Å². The number of benzene rings is 2. The SMILES string of the molecule is COc1ccc(-c2nc(CN(C)Cc3ccccc3Cl)cs2)cc1OC. The van der Waals surface area contributed by atoms with Crippen molar-refractivity contribution in [2.45, 2.75) is 13.1 Å². The first kappa shape index (κ1) is 18.7. The molecule has 0 unspecified atom stereocenters. The molecule has 0 bridgehead atoms. The minimum atomic E-state index is 0.706. The van der Waals surface area contributed by atoms with Gasteiger partial charge in [0.1, 0.15) is 5.01 Å². The molecule has 1 aromatic heterocycles. The van der Waals surface area contributed by atoms with Gasteiger partial charge in [0.2, 0.25) is 0 Å². The molecule has 0 N–H and O–H groups in total. The highest BCUT2D eigenvalue weighted by molar-refractivity contribution is 7.13. The van der Waals surface area contributed by atoms with E-state index in [-0.39, 0.29) is 0 Å². The van der Waals surface area contributed by atoms with Crippen LogP contribution in [-0.2, 0) is 13.1 Å². The molecule has 6 heteroatoms. The molecular weight excluding hydrogens is 368 g/mol. The fraction of sp³-hybridized carbons (Fsp3) is 0.250. The van der Waals surface area contributed by atoms with E-state index in [0.29, 0.717) is 11.5 Å². The molecular formula is C20H21ClN2O2S. The number of thiazole rings is 1. The molecule has 0 aliphatic heterocycles. The Bertz CT molecular complexity index is 882. The Morgan fingerprint density at radius 1 is 1.04 bits per heavy atom. The largest absolute Gasteiger partial charge is 0.493 e. The maximum atomic E-state index is 6.25. The highest BCUT2D eigenvalue weighted by Crippen LogP contribution is 2.33. The fourth-order valence-electron chi connectivity index (χ4n) is 2.73. The van der Waals surface area contributed by atoms with Crippen molar-refractivity contribution in [1.82, 2.24) is 9.88 Å². The van der Waals surface area contributed by atoms with Crippen LogP contribution in [0, 0.1) is 0 Å². The Labute approximate surface area is 163 Å². The van der Waals surface area contributed by atoms with Crippen LogP contribution >= 0.6 is 22.9 Å². The van der Waals surface area contributed by atoms with Gasteiger partial charge < -0.3 is 9.47 Å². The monoisotopic (exact) mass is 388 g/mol. The molecule has 0 aliphatic carbocycles. The van der Waals surface area contributed by atoms with E-state index in [2.05, 4.69) is 23.4 Å². The van der Waals surface area contributed by atoms with Gasteiger partial charge in [-0.15, -0.1) is 11.3 Å². The third kappa shape index (κ3) is 4.36. The van der Waals surface area contributed by atoms with Crippen LogP contribution in [0.5, 0.6) is 11.5 Å². The molecule has 3 aromatic rings. The third-order valence-electron chi connectivity index (χ3n) is 4.01. The van der Waals surface area contributed by atoms with E-state index in [0.717, 1.165) is 39.9 Å². The minimum Gasteiger partial charge on any atom is -0.493 e. The van der Waals surface area contributed by atoms with Gasteiger partial charge in [-0.1, -0.05) is 29.8 Å². The van der Waals surface area contributed by atoms with E-state index >= 15 is 0 Å². The van der Waals surface area contributed by atoms with Crippen LogP contribution in [0.1, 0.15) is 11.3 Å². The first-order chi connectivity index (χ1) is 12.6. The van der Waals surface area contributed by atoms with Gasteiger partial charge in [-0.05, 0) is 36.9 Å². The van der Waals surface area contributed by atoms with Gasteiger partial charge in [0.25, 0.3) is 0 Å². The summed E-state index contributed by atoms with van der Waals surface area (Å²) in [5.74, 6) is 1.42. The van der Waals surface area contributed by atoms with E-state index in [1.165, 1.54) is 0 Å². The lowest BCUT2D eigenvalue weighted by Gasteiger charge is -2.16. The molecule has 0 aliphatic rings. The molecule has 4 nitrogen and oxygen atoms in total. The zero-order chi connectivity index (χ0) is 18.5. The first-order valence-corrected chi connectivity index (χ1v) is 9.45. The number of ether oxygens (including phenoxy) is 2. The lowest BCUT2D eigenvalue weighted by Crippen LogP contribution is -2.17. The summed E-state index contributed by atoms with van der Waals surface area (Å²) in [7, 11) is 5.34. The van der Waals surface area contributed by atoms with Crippen LogP contribution in [0.3, 0.4) is 0 Å². The van der Waals surface area contributed by atoms with Crippen LogP contribution in [0.15, 0.2) is 47.8 Å². The van der Waals surface area contributed by atoms with Crippen molar-refractivity contribution < 1.29 is 9.47 Å². The molecule has 26 heavy (non-hydrogen) atoms. The summed E-state index contributed by atoms with van der Waals surface area (Å²) in [5, 5.41) is 3.85. The number of halogens is 1. The van der Waals surface area contributed by atoms with Gasteiger partial charge in [0, 0.05) is 29.1 Å². The second kappa shape index (κ2) is 8.54. The zero-order valence-electron chi connectivity index (χ0n) is 15.0. The second-order valence-corrected chi connectivity index (χ2v) is 7.24. The highest BCUT2D eigenvalue weighted by Gasteiger charge is 2.11. The molecule has 0 amide bonds. The number of rotatable bonds is 7. The van der Waals surface area contributed by atoms with Crippen LogP contribution in [0.25, 0.3) is 10.6 Å². The summed E-state index contributed by atoms with van der Waals surface area (Å²) in [6, 6.07) is 13.8. The molecule has 3 rings (SSSR count). The Morgan fingerprint density at radius 3 is 2.54 bits per heavy atom. The van der Waals surface area contributed by atoms with Gasteiger partial charge in [0.05, 0.1) is 19.9 Å². The quantitative estimate of drug-likeness (QED) is 0.563. The summed E-state index contributed by atoms with van der Waals surface area (Å²) in [6.45, 7) is 1.54. The van der Waals surface area contributed by atoms with Crippen molar-refractivity contribution in [3.8, 4) is 22.1 Å². The topological polar surface area (TPSA) is 34.6 Å². The van der Waals surface area contributed by atoms with E-state index in [4.69, 9.17) is 26.1 Å². The summed E-state index contributed by atoms with van der Waals surface area (Å²) in [5.41, 5.74) is 3.18. The molecule has 0 saturated carbocycles. The zero-order valence-corrected chi connectivity index (χ0v) is 16.6. The Hall–Kier alpha value is -2.08. The minimum absolute atomic E-state index is 0.706. The van der Waals surface area contributed by atoms with Crippen LogP contribution < -0.4 is 9.47 Å². The molecule has 2 aromatic carbocycles. The van der Waals surface area contributed by atoms with Crippen molar-refractivity contribution in [2.24, 2.45) is 0 Å². The maximum Gasteiger partial charge on any atom is 0.161 e. The Balaban J connectivity index is 1.71. The van der Waals surface area contributed by atoms with E-state index in [9.17, 15) is 0 Å². The van der Waals surface area contributed by atoms with Crippen molar-refractivity contribution in [2.75, 3.05) is 21.3 Å². The first-order valence-electron chi connectivity index (χ1n) is 8.19. The standard InChI is InChI=1S/C20H21ClN2O2S/c1-23(11-15-6-4-5-7-17(15)21)12-16-13-26-20(22-16)14-8-9-18(24-2)19(10-14)25-3/h4-10,13H,11-12H2,1-3H3. The van der Waals surface area contributed by atoms with Crippen molar-refractivity contribution in [1.29, 1.82) is 0 Å². The Morgan fingerprint density at radius 2 is 1.81 bits per heavy atom. The average molecular weight is 389 g/mol. The van der Waals surface area contributed by atoms with E-state index < -0.39 is 0 Å². The third-order valence-corrected chi connectivity index (χ3v) is 5.32. The van der Waals surface area contributed by atoms with Crippen LogP contribution in [0.4, 0.5) is 0 Å². The van der Waals surface area contributed by atoms with Gasteiger partial charge in [-0.2, -0.15) is 0 Å². The predicted molar refractivity (Wildman–Crippen MR) is 107 cm³/mol. The number of hydrogen-bond acceptors (Lipinski definition) is 5. The molecule has 0 radical (unpaired) electrons. The van der Waals surface area contributed by atoms with Gasteiger partial charge >= 0.3 is 0 Å². The molecule has 0 fully saturated rings. The number of hydrogen-bond donors (Lipinski definition) is 0. The molecule has 0 saturated heterocycles. The lowest BCUT2D eigenvalue weighted by atomic mass is 10.2. The number of aromatic nitrogens is 1. The van der Waals surface area contributed by atoms with Crippen molar-refractivity contribution in [3.63, 3.8) is 0 Å². The molecule has 1 heterocycles. The summed E-state index contributed by atoms with van der Waals surface area (Å²) >= 11 is 7.87. The maximum absolute atomic E-state index is 6.25. The summed E-state index contributed by atoms with van der Waals surface area (Å²) in [4.78, 5) is 6.97. The van der Waals surface area contributed by atoms with Gasteiger partial charge in [0.15, 0.2) is 11.5 Å². The fourth-order valence-corrected chi connectivity index (χ4v) is 3.73. The molecule has 0 spiro atoms. The van der Waals surface area contributed by atoms with E-state index in [1.807, 2.05) is 36.4 Å². The van der Waals surface area contributed by atoms with Gasteiger partial charge in [-0.3, -0.25) is 4.90 Å². The summed E-state index contributed by atoms with van der Waals surface area (Å²) < 4.78 is 10.7. The van der Waals surface area contributed by atoms with Crippen LogP contribution in [0.2, 0.25) is 5.02 Å².